The fourth-order valence-electron chi connectivity index (χ4n) is 1.78. The highest BCUT2D eigenvalue weighted by Crippen LogP contribution is 2.34. The van der Waals surface area contributed by atoms with Crippen LogP contribution in [0.1, 0.15) is 24.2 Å². The first kappa shape index (κ1) is 13.4. The van der Waals surface area contributed by atoms with Gasteiger partial charge in [0.25, 0.3) is 0 Å². The lowest BCUT2D eigenvalue weighted by atomic mass is 10.1. The molecule has 0 bridgehead atoms. The first-order valence-corrected chi connectivity index (χ1v) is 7.34. The number of methoxy groups -OCH3 is 1. The fourth-order valence-corrected chi connectivity index (χ4v) is 2.98. The predicted octanol–water partition coefficient (Wildman–Crippen LogP) is 4.40. The summed E-state index contributed by atoms with van der Waals surface area (Å²) in [6.07, 6.45) is 0. The van der Waals surface area contributed by atoms with Crippen LogP contribution in [-0.2, 0) is 0 Å². The molecule has 1 unspecified atom stereocenters. The minimum Gasteiger partial charge on any atom is -0.495 e. The van der Waals surface area contributed by atoms with E-state index in [2.05, 4.69) is 51.5 Å². The molecule has 0 aliphatic rings. The van der Waals surface area contributed by atoms with Crippen LogP contribution in [0.5, 0.6) is 5.75 Å². The Morgan fingerprint density at radius 2 is 2.22 bits per heavy atom. The van der Waals surface area contributed by atoms with Gasteiger partial charge in [0.1, 0.15) is 5.75 Å². The molecule has 0 fully saturated rings. The Kier molecular flexibility index (Phi) is 4.24. The highest BCUT2D eigenvalue weighted by molar-refractivity contribution is 9.10. The van der Waals surface area contributed by atoms with E-state index in [1.165, 1.54) is 0 Å². The zero-order chi connectivity index (χ0) is 13.1. The quantitative estimate of drug-likeness (QED) is 0.904. The van der Waals surface area contributed by atoms with Crippen LogP contribution in [0.25, 0.3) is 0 Å². The number of hydrogen-bond donors (Lipinski definition) is 1. The predicted molar refractivity (Wildman–Crippen MR) is 79.6 cm³/mol. The first-order chi connectivity index (χ1) is 8.61. The zero-order valence-electron chi connectivity index (χ0n) is 10.5. The van der Waals surface area contributed by atoms with Gasteiger partial charge in [-0.3, -0.25) is 0 Å². The monoisotopic (exact) mass is 326 g/mol. The third-order valence-electron chi connectivity index (χ3n) is 2.74. The van der Waals surface area contributed by atoms with Gasteiger partial charge in [0.05, 0.1) is 30.0 Å². The molecule has 0 aliphatic heterocycles. The van der Waals surface area contributed by atoms with E-state index in [0.29, 0.717) is 0 Å². The van der Waals surface area contributed by atoms with Gasteiger partial charge in [0.2, 0.25) is 0 Å². The second-order valence-corrected chi connectivity index (χ2v) is 5.71. The summed E-state index contributed by atoms with van der Waals surface area (Å²) in [5.74, 6) is 0.837. The molecule has 2 rings (SSSR count). The molecule has 1 heterocycles. The molecule has 18 heavy (non-hydrogen) atoms. The van der Waals surface area contributed by atoms with E-state index in [4.69, 9.17) is 4.74 Å². The van der Waals surface area contributed by atoms with Gasteiger partial charge in [-0.25, -0.2) is 4.98 Å². The number of aryl methyl sites for hydroxylation is 1. The number of nitrogens with zero attached hydrogens (tertiary/aromatic N) is 1. The summed E-state index contributed by atoms with van der Waals surface area (Å²) < 4.78 is 6.43. The lowest BCUT2D eigenvalue weighted by Gasteiger charge is -2.18. The van der Waals surface area contributed by atoms with Gasteiger partial charge in [-0.1, -0.05) is 15.9 Å². The van der Waals surface area contributed by atoms with Crippen molar-refractivity contribution in [1.82, 2.24) is 4.98 Å². The van der Waals surface area contributed by atoms with Crippen LogP contribution in [0.3, 0.4) is 0 Å². The molecule has 1 atom stereocenters. The molecule has 96 valence electrons. The molecule has 0 aliphatic carbocycles. The molecule has 1 aromatic heterocycles. The van der Waals surface area contributed by atoms with Crippen molar-refractivity contribution in [2.45, 2.75) is 19.9 Å². The second kappa shape index (κ2) is 5.71. The highest BCUT2D eigenvalue weighted by Gasteiger charge is 2.13. The Balaban J connectivity index is 2.28. The maximum absolute atomic E-state index is 5.41. The van der Waals surface area contributed by atoms with Gasteiger partial charge >= 0.3 is 0 Å². The van der Waals surface area contributed by atoms with Crippen LogP contribution in [0.2, 0.25) is 0 Å². The van der Waals surface area contributed by atoms with Crippen LogP contribution in [0, 0.1) is 6.92 Å². The molecule has 1 N–H and O–H groups in total. The Morgan fingerprint density at radius 1 is 1.44 bits per heavy atom. The minimum atomic E-state index is 0.157. The normalized spacial score (nSPS) is 12.2. The summed E-state index contributed by atoms with van der Waals surface area (Å²) in [6, 6.07) is 4.19. The van der Waals surface area contributed by atoms with E-state index in [9.17, 15) is 0 Å². The lowest BCUT2D eigenvalue weighted by Crippen LogP contribution is -2.09. The van der Waals surface area contributed by atoms with Crippen molar-refractivity contribution in [2.75, 3.05) is 12.4 Å². The summed E-state index contributed by atoms with van der Waals surface area (Å²) in [7, 11) is 1.68. The number of thiazole rings is 1. The minimum absolute atomic E-state index is 0.157. The highest BCUT2D eigenvalue weighted by atomic mass is 79.9. The average Bonchev–Trinajstić information content (AvgIpc) is 2.85. The molecule has 2 aromatic rings. The lowest BCUT2D eigenvalue weighted by molar-refractivity contribution is 0.415. The van der Waals surface area contributed by atoms with Crippen molar-refractivity contribution in [1.29, 1.82) is 0 Å². The number of rotatable bonds is 4. The number of nitrogens with one attached hydrogen (secondary N) is 1. The maximum atomic E-state index is 5.41. The molecular formula is C13H15BrN2OS. The summed E-state index contributed by atoms with van der Waals surface area (Å²) in [6.45, 7) is 4.15. The van der Waals surface area contributed by atoms with Gasteiger partial charge in [0, 0.05) is 9.85 Å². The molecule has 0 amide bonds. The van der Waals surface area contributed by atoms with Crippen LogP contribution in [-0.4, -0.2) is 12.1 Å². The van der Waals surface area contributed by atoms with Crippen molar-refractivity contribution in [2.24, 2.45) is 0 Å². The summed E-state index contributed by atoms with van der Waals surface area (Å²) in [5.41, 5.74) is 5.05. The Hall–Kier alpha value is -1.07. The van der Waals surface area contributed by atoms with Crippen LogP contribution in [0.4, 0.5) is 5.69 Å². The van der Waals surface area contributed by atoms with Crippen molar-refractivity contribution in [3.8, 4) is 5.75 Å². The fraction of sp³-hybridized carbons (Fsp3) is 0.308. The Bertz CT molecular complexity index is 528. The summed E-state index contributed by atoms with van der Waals surface area (Å²) >= 11 is 5.08. The number of aromatic nitrogens is 1. The van der Waals surface area contributed by atoms with Crippen LogP contribution >= 0.6 is 27.3 Å². The third kappa shape index (κ3) is 2.84. The van der Waals surface area contributed by atoms with Crippen LogP contribution in [0.15, 0.2) is 27.5 Å². The Morgan fingerprint density at radius 3 is 2.83 bits per heavy atom. The van der Waals surface area contributed by atoms with E-state index in [-0.39, 0.29) is 6.04 Å². The second-order valence-electron chi connectivity index (χ2n) is 4.08. The number of hydrogen-bond acceptors (Lipinski definition) is 4. The average molecular weight is 327 g/mol. The molecule has 0 spiro atoms. The van der Waals surface area contributed by atoms with Gasteiger partial charge in [-0.15, -0.1) is 11.3 Å². The van der Waals surface area contributed by atoms with Crippen molar-refractivity contribution in [3.05, 3.63) is 38.8 Å². The number of anilines is 1. The van der Waals surface area contributed by atoms with Crippen molar-refractivity contribution in [3.63, 3.8) is 0 Å². The molecule has 3 nitrogen and oxygen atoms in total. The van der Waals surface area contributed by atoms with Gasteiger partial charge in [-0.2, -0.15) is 0 Å². The van der Waals surface area contributed by atoms with E-state index in [1.807, 2.05) is 11.6 Å². The van der Waals surface area contributed by atoms with Gasteiger partial charge in [0.15, 0.2) is 0 Å². The van der Waals surface area contributed by atoms with E-state index < -0.39 is 0 Å². The van der Waals surface area contributed by atoms with Gasteiger partial charge < -0.3 is 10.1 Å². The van der Waals surface area contributed by atoms with E-state index in [0.717, 1.165) is 27.2 Å². The molecule has 0 saturated heterocycles. The SMILES string of the molecule is COc1cc(Br)cc(C)c1NC(C)c1cscn1. The number of halogens is 1. The van der Waals surface area contributed by atoms with Gasteiger partial charge in [-0.05, 0) is 31.5 Å². The zero-order valence-corrected chi connectivity index (χ0v) is 12.9. The van der Waals surface area contributed by atoms with Crippen molar-refractivity contribution < 1.29 is 4.74 Å². The molecule has 0 saturated carbocycles. The largest absolute Gasteiger partial charge is 0.495 e. The number of benzene rings is 1. The summed E-state index contributed by atoms with van der Waals surface area (Å²) in [4.78, 5) is 4.32. The van der Waals surface area contributed by atoms with E-state index >= 15 is 0 Å². The number of ether oxygens (including phenoxy) is 1. The molecule has 0 radical (unpaired) electrons. The summed E-state index contributed by atoms with van der Waals surface area (Å²) in [5, 5.41) is 5.51. The van der Waals surface area contributed by atoms with E-state index in [1.54, 1.807) is 18.4 Å². The molecule has 1 aromatic carbocycles. The molecular weight excluding hydrogens is 312 g/mol. The first-order valence-electron chi connectivity index (χ1n) is 5.60. The third-order valence-corrected chi connectivity index (χ3v) is 3.80. The Labute approximate surface area is 119 Å². The maximum Gasteiger partial charge on any atom is 0.143 e. The van der Waals surface area contributed by atoms with Crippen molar-refractivity contribution >= 4 is 33.0 Å². The molecule has 5 heteroatoms. The topological polar surface area (TPSA) is 34.1 Å². The standard InChI is InChI=1S/C13H15BrN2OS/c1-8-4-10(14)5-12(17-3)13(8)16-9(2)11-6-18-7-15-11/h4-7,9,16H,1-3H3. The van der Waals surface area contributed by atoms with Crippen LogP contribution < -0.4 is 10.1 Å². The smallest absolute Gasteiger partial charge is 0.143 e.